The second-order valence-corrected chi connectivity index (χ2v) is 5.72. The maximum Gasteiger partial charge on any atom is 0.161 e. The number of hydrogen-bond acceptors (Lipinski definition) is 4. The van der Waals surface area contributed by atoms with Crippen LogP contribution in [0.5, 0.6) is 11.5 Å². The Balaban J connectivity index is 2.02. The van der Waals surface area contributed by atoms with E-state index in [1.165, 1.54) is 11.1 Å². The van der Waals surface area contributed by atoms with Gasteiger partial charge in [-0.2, -0.15) is 0 Å². The topological polar surface area (TPSA) is 47.7 Å². The Labute approximate surface area is 145 Å². The molecule has 2 rings (SSSR count). The minimum atomic E-state index is 0.625. The third-order valence-electron chi connectivity index (χ3n) is 3.94. The van der Waals surface area contributed by atoms with Gasteiger partial charge in [-0.15, -0.1) is 0 Å². The summed E-state index contributed by atoms with van der Waals surface area (Å²) in [6.07, 6.45) is 1.02. The zero-order valence-electron chi connectivity index (χ0n) is 14.7. The van der Waals surface area contributed by atoms with E-state index in [0.29, 0.717) is 13.2 Å². The van der Waals surface area contributed by atoms with Gasteiger partial charge in [0.05, 0.1) is 13.7 Å². The lowest BCUT2D eigenvalue weighted by Gasteiger charge is -2.22. The highest BCUT2D eigenvalue weighted by Crippen LogP contribution is 2.28. The number of hydrogen-bond donors (Lipinski definition) is 1. The predicted octanol–water partition coefficient (Wildman–Crippen LogP) is 3.10. The molecule has 0 radical (unpaired) electrons. The van der Waals surface area contributed by atoms with Crippen LogP contribution >= 0.6 is 0 Å². The van der Waals surface area contributed by atoms with Crippen LogP contribution in [0.1, 0.15) is 18.1 Å². The van der Waals surface area contributed by atoms with Crippen molar-refractivity contribution in [1.29, 1.82) is 0 Å². The molecule has 0 aliphatic rings. The standard InChI is InChI=1S/C20H28N2O2/c1-3-24-20-15-18(9-10-19(20)23-2)16-22(14-12-21)13-11-17-7-5-4-6-8-17/h4-10,15H,3,11-14,16,21H2,1-2H3. The second-order valence-electron chi connectivity index (χ2n) is 5.72. The van der Waals surface area contributed by atoms with E-state index in [-0.39, 0.29) is 0 Å². The van der Waals surface area contributed by atoms with Crippen LogP contribution in [0.2, 0.25) is 0 Å². The number of nitrogens with two attached hydrogens (primary N) is 1. The van der Waals surface area contributed by atoms with E-state index in [1.54, 1.807) is 7.11 Å². The van der Waals surface area contributed by atoms with Crippen molar-refractivity contribution in [3.63, 3.8) is 0 Å². The molecule has 0 heterocycles. The summed E-state index contributed by atoms with van der Waals surface area (Å²) >= 11 is 0. The summed E-state index contributed by atoms with van der Waals surface area (Å²) in [6, 6.07) is 16.7. The number of nitrogens with zero attached hydrogens (tertiary/aromatic N) is 1. The molecule has 2 N–H and O–H groups in total. The molecule has 0 saturated carbocycles. The van der Waals surface area contributed by atoms with Gasteiger partial charge >= 0.3 is 0 Å². The summed E-state index contributed by atoms with van der Waals surface area (Å²) in [5, 5.41) is 0. The summed E-state index contributed by atoms with van der Waals surface area (Å²) in [5.74, 6) is 1.57. The fourth-order valence-electron chi connectivity index (χ4n) is 2.73. The normalized spacial score (nSPS) is 10.8. The Morgan fingerprint density at radius 2 is 1.75 bits per heavy atom. The third-order valence-corrected chi connectivity index (χ3v) is 3.94. The maximum absolute atomic E-state index is 5.79. The summed E-state index contributed by atoms with van der Waals surface area (Å²) in [5.41, 5.74) is 8.35. The van der Waals surface area contributed by atoms with E-state index in [4.69, 9.17) is 15.2 Å². The Morgan fingerprint density at radius 3 is 2.42 bits per heavy atom. The van der Waals surface area contributed by atoms with Crippen molar-refractivity contribution in [2.24, 2.45) is 5.73 Å². The molecule has 0 aliphatic carbocycles. The smallest absolute Gasteiger partial charge is 0.161 e. The molecule has 130 valence electrons. The molecule has 2 aromatic rings. The molecule has 4 heteroatoms. The Hall–Kier alpha value is -2.04. The first-order chi connectivity index (χ1) is 11.8. The Kier molecular flexibility index (Phi) is 7.59. The summed E-state index contributed by atoms with van der Waals surface area (Å²) in [4.78, 5) is 2.38. The Morgan fingerprint density at radius 1 is 0.958 bits per heavy atom. The lowest BCUT2D eigenvalue weighted by molar-refractivity contribution is 0.274. The van der Waals surface area contributed by atoms with Gasteiger partial charge in [-0.3, -0.25) is 4.90 Å². The molecule has 0 amide bonds. The van der Waals surface area contributed by atoms with Gasteiger partial charge in [-0.1, -0.05) is 36.4 Å². The molecule has 0 saturated heterocycles. The van der Waals surface area contributed by atoms with E-state index in [9.17, 15) is 0 Å². The van der Waals surface area contributed by atoms with Gasteiger partial charge in [-0.25, -0.2) is 0 Å². The minimum absolute atomic E-state index is 0.625. The van der Waals surface area contributed by atoms with Crippen LogP contribution in [0.3, 0.4) is 0 Å². The molecule has 0 bridgehead atoms. The highest BCUT2D eigenvalue weighted by Gasteiger charge is 2.09. The molecule has 0 spiro atoms. The first-order valence-corrected chi connectivity index (χ1v) is 8.53. The van der Waals surface area contributed by atoms with Crippen LogP contribution < -0.4 is 15.2 Å². The molecule has 0 unspecified atom stereocenters. The highest BCUT2D eigenvalue weighted by atomic mass is 16.5. The molecule has 0 atom stereocenters. The van der Waals surface area contributed by atoms with Gasteiger partial charge < -0.3 is 15.2 Å². The SMILES string of the molecule is CCOc1cc(CN(CCN)CCc2ccccc2)ccc1OC. The van der Waals surface area contributed by atoms with E-state index in [0.717, 1.165) is 37.6 Å². The molecule has 0 aromatic heterocycles. The van der Waals surface area contributed by atoms with Crippen molar-refractivity contribution < 1.29 is 9.47 Å². The van der Waals surface area contributed by atoms with Crippen LogP contribution in [-0.2, 0) is 13.0 Å². The molecule has 0 aliphatic heterocycles. The van der Waals surface area contributed by atoms with Crippen LogP contribution in [-0.4, -0.2) is 38.3 Å². The van der Waals surface area contributed by atoms with Crippen molar-refractivity contribution in [3.05, 3.63) is 59.7 Å². The van der Waals surface area contributed by atoms with E-state index >= 15 is 0 Å². The van der Waals surface area contributed by atoms with Gasteiger partial charge in [-0.05, 0) is 36.6 Å². The predicted molar refractivity (Wildman–Crippen MR) is 98.6 cm³/mol. The molecular formula is C20H28N2O2. The van der Waals surface area contributed by atoms with E-state index < -0.39 is 0 Å². The average Bonchev–Trinajstić information content (AvgIpc) is 2.61. The molecule has 4 nitrogen and oxygen atoms in total. The minimum Gasteiger partial charge on any atom is -0.493 e. The van der Waals surface area contributed by atoms with Gasteiger partial charge in [0.25, 0.3) is 0 Å². The number of methoxy groups -OCH3 is 1. The summed E-state index contributed by atoms with van der Waals surface area (Å²) in [6.45, 7) is 5.98. The van der Waals surface area contributed by atoms with Gasteiger partial charge in [0.2, 0.25) is 0 Å². The largest absolute Gasteiger partial charge is 0.493 e. The van der Waals surface area contributed by atoms with Crippen molar-refractivity contribution >= 4 is 0 Å². The highest BCUT2D eigenvalue weighted by molar-refractivity contribution is 5.43. The van der Waals surface area contributed by atoms with Crippen LogP contribution in [0.4, 0.5) is 0 Å². The van der Waals surface area contributed by atoms with E-state index in [1.807, 2.05) is 19.1 Å². The number of benzene rings is 2. The molecule has 0 fully saturated rings. The van der Waals surface area contributed by atoms with Crippen LogP contribution in [0.15, 0.2) is 48.5 Å². The Bertz CT molecular complexity index is 602. The van der Waals surface area contributed by atoms with Crippen molar-refractivity contribution in [1.82, 2.24) is 4.90 Å². The van der Waals surface area contributed by atoms with Crippen molar-refractivity contribution in [3.8, 4) is 11.5 Å². The van der Waals surface area contributed by atoms with Crippen LogP contribution in [0.25, 0.3) is 0 Å². The van der Waals surface area contributed by atoms with Crippen molar-refractivity contribution in [2.75, 3.05) is 33.4 Å². The quantitative estimate of drug-likeness (QED) is 0.728. The number of ether oxygens (including phenoxy) is 2. The van der Waals surface area contributed by atoms with Crippen LogP contribution in [0, 0.1) is 0 Å². The van der Waals surface area contributed by atoms with Crippen molar-refractivity contribution in [2.45, 2.75) is 19.9 Å². The third kappa shape index (κ3) is 5.55. The summed E-state index contributed by atoms with van der Waals surface area (Å²) in [7, 11) is 1.66. The molecule has 24 heavy (non-hydrogen) atoms. The zero-order valence-corrected chi connectivity index (χ0v) is 14.7. The lowest BCUT2D eigenvalue weighted by Crippen LogP contribution is -2.31. The maximum atomic E-state index is 5.79. The average molecular weight is 328 g/mol. The fourth-order valence-corrected chi connectivity index (χ4v) is 2.73. The second kappa shape index (κ2) is 9.96. The fraction of sp³-hybridized carbons (Fsp3) is 0.400. The first kappa shape index (κ1) is 18.3. The molecule has 2 aromatic carbocycles. The van der Waals surface area contributed by atoms with Gasteiger partial charge in [0.15, 0.2) is 11.5 Å². The van der Waals surface area contributed by atoms with Gasteiger partial charge in [0, 0.05) is 26.2 Å². The number of rotatable bonds is 10. The summed E-state index contributed by atoms with van der Waals surface area (Å²) < 4.78 is 11.0. The zero-order chi connectivity index (χ0) is 17.2. The first-order valence-electron chi connectivity index (χ1n) is 8.53. The monoisotopic (exact) mass is 328 g/mol. The lowest BCUT2D eigenvalue weighted by atomic mass is 10.1. The van der Waals surface area contributed by atoms with Gasteiger partial charge in [0.1, 0.15) is 0 Å². The molecular weight excluding hydrogens is 300 g/mol. The van der Waals surface area contributed by atoms with E-state index in [2.05, 4.69) is 41.3 Å².